The van der Waals surface area contributed by atoms with Gasteiger partial charge in [-0.05, 0) is 25.4 Å². The summed E-state index contributed by atoms with van der Waals surface area (Å²) >= 11 is 0. The molecule has 1 aliphatic rings. The lowest BCUT2D eigenvalue weighted by Crippen LogP contribution is -2.38. The Morgan fingerprint density at radius 1 is 1.41 bits per heavy atom. The van der Waals surface area contributed by atoms with Crippen molar-refractivity contribution in [1.82, 2.24) is 10.2 Å². The molecule has 0 aromatic heterocycles. The van der Waals surface area contributed by atoms with Crippen LogP contribution in [-0.4, -0.2) is 48.1 Å². The molecule has 1 unspecified atom stereocenters. The first kappa shape index (κ1) is 14.0. The molecule has 1 rings (SSSR count). The molecular weight excluding hydrogens is 220 g/mol. The summed E-state index contributed by atoms with van der Waals surface area (Å²) in [6.07, 6.45) is 1.26. The second-order valence-electron chi connectivity index (χ2n) is 5.73. The third-order valence-electron chi connectivity index (χ3n) is 3.03. The minimum absolute atomic E-state index is 0.0188. The van der Waals surface area contributed by atoms with E-state index in [2.05, 4.69) is 10.2 Å². The zero-order valence-corrected chi connectivity index (χ0v) is 10.8. The largest absolute Gasteiger partial charge is 0.481 e. The predicted molar refractivity (Wildman–Crippen MR) is 64.7 cm³/mol. The Kier molecular flexibility index (Phi) is 4.51. The zero-order chi connectivity index (χ0) is 13.1. The number of hydrogen-bond acceptors (Lipinski definition) is 3. The van der Waals surface area contributed by atoms with E-state index in [0.717, 1.165) is 19.5 Å². The summed E-state index contributed by atoms with van der Waals surface area (Å²) in [5, 5.41) is 11.7. The van der Waals surface area contributed by atoms with E-state index in [9.17, 15) is 9.59 Å². The van der Waals surface area contributed by atoms with E-state index in [1.165, 1.54) is 0 Å². The van der Waals surface area contributed by atoms with E-state index in [0.29, 0.717) is 0 Å². The molecule has 0 aliphatic carbocycles. The first-order chi connectivity index (χ1) is 7.78. The van der Waals surface area contributed by atoms with Crippen LogP contribution in [0.1, 0.15) is 33.1 Å². The van der Waals surface area contributed by atoms with Gasteiger partial charge in [-0.3, -0.25) is 9.59 Å². The Labute approximate surface area is 102 Å². The molecule has 1 heterocycles. The molecule has 17 heavy (non-hydrogen) atoms. The van der Waals surface area contributed by atoms with Crippen molar-refractivity contribution in [3.63, 3.8) is 0 Å². The van der Waals surface area contributed by atoms with Crippen molar-refractivity contribution in [1.29, 1.82) is 0 Å². The molecule has 5 nitrogen and oxygen atoms in total. The summed E-state index contributed by atoms with van der Waals surface area (Å²) in [5.74, 6) is -0.903. The van der Waals surface area contributed by atoms with Gasteiger partial charge in [0.25, 0.3) is 0 Å². The van der Waals surface area contributed by atoms with Gasteiger partial charge < -0.3 is 15.3 Å². The zero-order valence-electron chi connectivity index (χ0n) is 10.8. The minimum atomic E-state index is -0.858. The van der Waals surface area contributed by atoms with Crippen LogP contribution in [0.5, 0.6) is 0 Å². The third-order valence-corrected chi connectivity index (χ3v) is 3.03. The number of aliphatic carboxylic acids is 1. The number of amides is 1. The molecular formula is C12H22N2O3. The Hall–Kier alpha value is -1.10. The predicted octanol–water partition coefficient (Wildman–Crippen LogP) is 0.698. The van der Waals surface area contributed by atoms with Crippen molar-refractivity contribution in [2.24, 2.45) is 5.41 Å². The number of carboxylic acid groups (broad SMARTS) is 1. The molecule has 1 saturated heterocycles. The first-order valence-electron chi connectivity index (χ1n) is 5.98. The van der Waals surface area contributed by atoms with Crippen LogP contribution in [0.4, 0.5) is 0 Å². The van der Waals surface area contributed by atoms with Crippen molar-refractivity contribution < 1.29 is 14.7 Å². The Morgan fingerprint density at radius 2 is 2.06 bits per heavy atom. The van der Waals surface area contributed by atoms with Crippen LogP contribution in [-0.2, 0) is 9.59 Å². The van der Waals surface area contributed by atoms with E-state index in [1.807, 2.05) is 20.9 Å². The summed E-state index contributed by atoms with van der Waals surface area (Å²) in [7, 11) is 2.03. The fourth-order valence-corrected chi connectivity index (χ4v) is 2.24. The molecule has 98 valence electrons. The maximum Gasteiger partial charge on any atom is 0.303 e. The van der Waals surface area contributed by atoms with E-state index < -0.39 is 11.4 Å². The van der Waals surface area contributed by atoms with Gasteiger partial charge in [0.2, 0.25) is 5.91 Å². The second-order valence-corrected chi connectivity index (χ2v) is 5.73. The molecule has 0 bridgehead atoms. The summed E-state index contributed by atoms with van der Waals surface area (Å²) in [6.45, 7) is 5.50. The monoisotopic (exact) mass is 242 g/mol. The fourth-order valence-electron chi connectivity index (χ4n) is 2.24. The molecule has 5 heteroatoms. The van der Waals surface area contributed by atoms with Crippen LogP contribution in [0.15, 0.2) is 0 Å². The molecule has 0 saturated carbocycles. The lowest BCUT2D eigenvalue weighted by atomic mass is 9.85. The van der Waals surface area contributed by atoms with Crippen LogP contribution >= 0.6 is 0 Å². The first-order valence-corrected chi connectivity index (χ1v) is 5.98. The van der Waals surface area contributed by atoms with Crippen LogP contribution < -0.4 is 5.32 Å². The number of carbonyl (C=O) groups is 2. The topological polar surface area (TPSA) is 69.6 Å². The highest BCUT2D eigenvalue weighted by Crippen LogP contribution is 2.25. The number of hydrogen-bond donors (Lipinski definition) is 2. The quantitative estimate of drug-likeness (QED) is 0.744. The molecule has 1 amide bonds. The van der Waals surface area contributed by atoms with Crippen molar-refractivity contribution in [2.45, 2.75) is 39.2 Å². The van der Waals surface area contributed by atoms with Gasteiger partial charge in [-0.25, -0.2) is 0 Å². The summed E-state index contributed by atoms with van der Waals surface area (Å²) in [6, 6.07) is 0.216. The van der Waals surface area contributed by atoms with Gasteiger partial charge in [0.15, 0.2) is 0 Å². The third kappa shape index (κ3) is 5.17. The van der Waals surface area contributed by atoms with Crippen molar-refractivity contribution in [3.05, 3.63) is 0 Å². The van der Waals surface area contributed by atoms with Crippen molar-refractivity contribution in [2.75, 3.05) is 20.1 Å². The van der Waals surface area contributed by atoms with Gasteiger partial charge in [0.1, 0.15) is 0 Å². The van der Waals surface area contributed by atoms with Crippen molar-refractivity contribution in [3.8, 4) is 0 Å². The number of carboxylic acids is 1. The van der Waals surface area contributed by atoms with E-state index in [-0.39, 0.29) is 24.8 Å². The molecule has 0 spiro atoms. The van der Waals surface area contributed by atoms with Gasteiger partial charge in [-0.1, -0.05) is 13.8 Å². The van der Waals surface area contributed by atoms with Crippen LogP contribution in [0.3, 0.4) is 0 Å². The molecule has 0 aromatic rings. The molecule has 2 N–H and O–H groups in total. The van der Waals surface area contributed by atoms with Crippen LogP contribution in [0.2, 0.25) is 0 Å². The minimum Gasteiger partial charge on any atom is -0.481 e. The normalized spacial score (nSPS) is 21.5. The second kappa shape index (κ2) is 5.49. The van der Waals surface area contributed by atoms with Crippen LogP contribution in [0.25, 0.3) is 0 Å². The molecule has 0 radical (unpaired) electrons. The van der Waals surface area contributed by atoms with E-state index in [4.69, 9.17) is 5.11 Å². The van der Waals surface area contributed by atoms with E-state index in [1.54, 1.807) is 0 Å². The van der Waals surface area contributed by atoms with Crippen molar-refractivity contribution >= 4 is 11.9 Å². The Balaban J connectivity index is 2.36. The lowest BCUT2D eigenvalue weighted by molar-refractivity contribution is -0.139. The number of likely N-dealkylation sites (N-methyl/N-ethyl adjacent to an activating group) is 1. The van der Waals surface area contributed by atoms with Crippen LogP contribution in [0, 0.1) is 5.41 Å². The maximum atomic E-state index is 11.8. The Morgan fingerprint density at radius 3 is 2.53 bits per heavy atom. The SMILES string of the molecule is CN1CCC(NC(=O)CC(C)(C)CC(=O)O)C1. The number of nitrogens with one attached hydrogen (secondary N) is 1. The standard InChI is InChI=1S/C12H22N2O3/c1-12(2,7-11(16)17)6-10(15)13-9-4-5-14(3)8-9/h9H,4-8H2,1-3H3,(H,13,15)(H,16,17). The highest BCUT2D eigenvalue weighted by Gasteiger charge is 2.27. The van der Waals surface area contributed by atoms with Gasteiger partial charge in [0.05, 0.1) is 6.42 Å². The maximum absolute atomic E-state index is 11.8. The smallest absolute Gasteiger partial charge is 0.303 e. The van der Waals surface area contributed by atoms with E-state index >= 15 is 0 Å². The number of likely N-dealkylation sites (tertiary alicyclic amines) is 1. The fraction of sp³-hybridized carbons (Fsp3) is 0.833. The number of rotatable bonds is 5. The number of carbonyl (C=O) groups excluding carboxylic acids is 1. The highest BCUT2D eigenvalue weighted by molar-refractivity contribution is 5.78. The lowest BCUT2D eigenvalue weighted by Gasteiger charge is -2.22. The summed E-state index contributed by atoms with van der Waals surface area (Å²) in [4.78, 5) is 24.6. The van der Waals surface area contributed by atoms with Gasteiger partial charge in [-0.2, -0.15) is 0 Å². The average molecular weight is 242 g/mol. The average Bonchev–Trinajstić information content (AvgIpc) is 2.46. The molecule has 1 aliphatic heterocycles. The number of nitrogens with zero attached hydrogens (tertiary/aromatic N) is 1. The summed E-state index contributed by atoms with van der Waals surface area (Å²) in [5.41, 5.74) is -0.486. The van der Waals surface area contributed by atoms with Gasteiger partial charge in [-0.15, -0.1) is 0 Å². The van der Waals surface area contributed by atoms with Gasteiger partial charge >= 0.3 is 5.97 Å². The Bertz CT molecular complexity index is 302. The molecule has 1 fully saturated rings. The van der Waals surface area contributed by atoms with Gasteiger partial charge in [0, 0.05) is 19.0 Å². The highest BCUT2D eigenvalue weighted by atomic mass is 16.4. The molecule has 1 atom stereocenters. The summed E-state index contributed by atoms with van der Waals surface area (Å²) < 4.78 is 0. The molecule has 0 aromatic carbocycles.